The summed E-state index contributed by atoms with van der Waals surface area (Å²) >= 11 is 1.43. The third kappa shape index (κ3) is 6.07. The van der Waals surface area contributed by atoms with E-state index in [1.807, 2.05) is 6.07 Å². The van der Waals surface area contributed by atoms with Gasteiger partial charge in [-0.15, -0.1) is 11.3 Å². The molecule has 0 fully saturated rings. The summed E-state index contributed by atoms with van der Waals surface area (Å²) in [7, 11) is 0. The second kappa shape index (κ2) is 10.1. The summed E-state index contributed by atoms with van der Waals surface area (Å²) < 4.78 is 14.2. The standard InChI is InChI=1S/C20H22FN5O4S/c21-14-8-11(10-24-16(14)18(30)23-7-3-6-15(27)28)4-1-2-5-12-9-13-17(29)25-20(22)26-19(13)31-12/h8-10H,1-7H2,(H,23,30)(H,27,28)(H3,22,25,26,29). The molecular formula is C20H22FN5O4S. The Morgan fingerprint density at radius 2 is 2.00 bits per heavy atom. The fourth-order valence-electron chi connectivity index (χ4n) is 3.06. The zero-order valence-corrected chi connectivity index (χ0v) is 17.4. The van der Waals surface area contributed by atoms with E-state index < -0.39 is 17.7 Å². The number of nitrogens with two attached hydrogens (primary N) is 1. The number of aliphatic carboxylic acids is 1. The highest BCUT2D eigenvalue weighted by Gasteiger charge is 2.14. The topological polar surface area (TPSA) is 151 Å². The molecule has 3 aromatic rings. The number of fused-ring (bicyclic) bond motifs is 1. The van der Waals surface area contributed by atoms with Gasteiger partial charge in [0.15, 0.2) is 11.5 Å². The lowest BCUT2D eigenvalue weighted by Gasteiger charge is -2.06. The molecule has 0 radical (unpaired) electrons. The fourth-order valence-corrected chi connectivity index (χ4v) is 4.13. The Morgan fingerprint density at radius 1 is 1.23 bits per heavy atom. The van der Waals surface area contributed by atoms with Gasteiger partial charge in [0, 0.05) is 24.0 Å². The highest BCUT2D eigenvalue weighted by atomic mass is 32.1. The van der Waals surface area contributed by atoms with Crippen LogP contribution < -0.4 is 16.6 Å². The van der Waals surface area contributed by atoms with Gasteiger partial charge >= 0.3 is 5.97 Å². The van der Waals surface area contributed by atoms with E-state index in [0.29, 0.717) is 22.2 Å². The van der Waals surface area contributed by atoms with Crippen LogP contribution in [0.2, 0.25) is 0 Å². The molecule has 5 N–H and O–H groups in total. The van der Waals surface area contributed by atoms with Crippen molar-refractivity contribution in [3.8, 4) is 0 Å². The van der Waals surface area contributed by atoms with Crippen molar-refractivity contribution >= 4 is 39.4 Å². The Kier molecular flexibility index (Phi) is 7.29. The summed E-state index contributed by atoms with van der Waals surface area (Å²) in [6, 6.07) is 3.11. The van der Waals surface area contributed by atoms with Crippen molar-refractivity contribution < 1.29 is 19.1 Å². The number of nitrogens with one attached hydrogen (secondary N) is 2. The van der Waals surface area contributed by atoms with Crippen LogP contribution in [0.15, 0.2) is 23.1 Å². The first-order valence-corrected chi connectivity index (χ1v) is 10.6. The number of aromatic nitrogens is 3. The largest absolute Gasteiger partial charge is 0.481 e. The first-order chi connectivity index (χ1) is 14.8. The number of aromatic amines is 1. The number of anilines is 1. The van der Waals surface area contributed by atoms with Gasteiger partial charge in [-0.2, -0.15) is 0 Å². The Morgan fingerprint density at radius 3 is 2.74 bits per heavy atom. The van der Waals surface area contributed by atoms with Crippen LogP contribution in [0.5, 0.6) is 0 Å². The third-order valence-electron chi connectivity index (χ3n) is 4.58. The smallest absolute Gasteiger partial charge is 0.303 e. The quantitative estimate of drug-likeness (QED) is 0.348. The minimum atomic E-state index is -0.953. The van der Waals surface area contributed by atoms with Crippen molar-refractivity contribution in [2.45, 2.75) is 38.5 Å². The summed E-state index contributed by atoms with van der Waals surface area (Å²) in [6.07, 6.45) is 4.63. The van der Waals surface area contributed by atoms with Crippen molar-refractivity contribution in [1.29, 1.82) is 0 Å². The molecule has 3 heterocycles. The molecule has 0 saturated carbocycles. The molecule has 11 heteroatoms. The average Bonchev–Trinajstić information content (AvgIpc) is 3.11. The average molecular weight is 447 g/mol. The zero-order valence-electron chi connectivity index (χ0n) is 16.6. The maximum Gasteiger partial charge on any atom is 0.303 e. The molecule has 3 rings (SSSR count). The molecule has 3 aromatic heterocycles. The highest BCUT2D eigenvalue weighted by molar-refractivity contribution is 7.18. The molecule has 0 aliphatic carbocycles. The number of hydrogen-bond acceptors (Lipinski definition) is 7. The van der Waals surface area contributed by atoms with Gasteiger partial charge in [-0.3, -0.25) is 19.4 Å². The molecule has 0 unspecified atom stereocenters. The van der Waals surface area contributed by atoms with Crippen LogP contribution in [-0.2, 0) is 17.6 Å². The lowest BCUT2D eigenvalue weighted by Crippen LogP contribution is -2.26. The van der Waals surface area contributed by atoms with Crippen LogP contribution in [0.25, 0.3) is 10.2 Å². The van der Waals surface area contributed by atoms with E-state index in [-0.39, 0.29) is 36.6 Å². The van der Waals surface area contributed by atoms with Crippen LogP contribution in [-0.4, -0.2) is 38.5 Å². The number of rotatable bonds is 10. The number of carboxylic acid groups (broad SMARTS) is 1. The van der Waals surface area contributed by atoms with Crippen molar-refractivity contribution in [3.05, 3.63) is 50.6 Å². The van der Waals surface area contributed by atoms with Gasteiger partial charge < -0.3 is 16.2 Å². The molecule has 0 atom stereocenters. The van der Waals surface area contributed by atoms with E-state index in [2.05, 4.69) is 20.3 Å². The first-order valence-electron chi connectivity index (χ1n) is 9.76. The van der Waals surface area contributed by atoms with Crippen LogP contribution in [0.4, 0.5) is 10.3 Å². The van der Waals surface area contributed by atoms with E-state index in [9.17, 15) is 18.8 Å². The number of H-pyrrole nitrogens is 1. The number of thiophene rings is 1. The Balaban J connectivity index is 1.48. The molecule has 1 amide bonds. The number of carboxylic acids is 1. The minimum absolute atomic E-state index is 0.0717. The van der Waals surface area contributed by atoms with Crippen molar-refractivity contribution in [3.63, 3.8) is 0 Å². The zero-order chi connectivity index (χ0) is 22.4. The van der Waals surface area contributed by atoms with Crippen molar-refractivity contribution in [2.24, 2.45) is 0 Å². The molecule has 0 aliphatic rings. The van der Waals surface area contributed by atoms with E-state index in [4.69, 9.17) is 10.8 Å². The number of carbonyl (C=O) groups is 2. The number of halogens is 1. The monoisotopic (exact) mass is 447 g/mol. The molecule has 0 spiro atoms. The minimum Gasteiger partial charge on any atom is -0.481 e. The number of carbonyl (C=O) groups excluding carboxylic acids is 1. The predicted octanol–water partition coefficient (Wildman–Crippen LogP) is 2.26. The second-order valence-corrected chi connectivity index (χ2v) is 8.13. The summed E-state index contributed by atoms with van der Waals surface area (Å²) in [5.41, 5.74) is 5.69. The Labute approximate surface area is 180 Å². The number of pyridine rings is 1. The van der Waals surface area contributed by atoms with Gasteiger partial charge in [-0.05, 0) is 49.8 Å². The number of amides is 1. The van der Waals surface area contributed by atoms with Crippen LogP contribution >= 0.6 is 11.3 Å². The predicted molar refractivity (Wildman–Crippen MR) is 115 cm³/mol. The molecule has 0 aliphatic heterocycles. The second-order valence-electron chi connectivity index (χ2n) is 7.02. The normalized spacial score (nSPS) is 11.0. The lowest BCUT2D eigenvalue weighted by molar-refractivity contribution is -0.137. The van der Waals surface area contributed by atoms with Crippen molar-refractivity contribution in [1.82, 2.24) is 20.3 Å². The first kappa shape index (κ1) is 22.3. The summed E-state index contributed by atoms with van der Waals surface area (Å²) in [5.74, 6) is -2.23. The molecule has 0 saturated heterocycles. The van der Waals surface area contributed by atoms with E-state index in [1.54, 1.807) is 0 Å². The lowest BCUT2D eigenvalue weighted by atomic mass is 10.1. The molecule has 9 nitrogen and oxygen atoms in total. The number of hydrogen-bond donors (Lipinski definition) is 4. The molecule has 164 valence electrons. The van der Waals surface area contributed by atoms with E-state index in [0.717, 1.165) is 24.1 Å². The van der Waals surface area contributed by atoms with Crippen LogP contribution in [0, 0.1) is 5.82 Å². The molecule has 0 bridgehead atoms. The van der Waals surface area contributed by atoms with Crippen LogP contribution in [0.3, 0.4) is 0 Å². The highest BCUT2D eigenvalue weighted by Crippen LogP contribution is 2.23. The van der Waals surface area contributed by atoms with Crippen molar-refractivity contribution in [2.75, 3.05) is 12.3 Å². The Hall–Kier alpha value is -3.34. The van der Waals surface area contributed by atoms with Gasteiger partial charge in [-0.25, -0.2) is 14.4 Å². The molecule has 0 aromatic carbocycles. The maximum absolute atomic E-state index is 14.2. The molecule has 31 heavy (non-hydrogen) atoms. The number of nitrogens with zero attached hydrogens (tertiary/aromatic N) is 2. The number of aryl methyl sites for hydroxylation is 2. The van der Waals surface area contributed by atoms with E-state index >= 15 is 0 Å². The SMILES string of the molecule is Nc1nc2sc(CCCCc3cnc(C(=O)NCCCC(=O)O)c(F)c3)cc2c(=O)[nH]1. The van der Waals surface area contributed by atoms with Crippen LogP contribution in [0.1, 0.15) is 46.6 Å². The van der Waals surface area contributed by atoms with Gasteiger partial charge in [0.25, 0.3) is 11.5 Å². The number of unbranched alkanes of at least 4 members (excludes halogenated alkanes) is 1. The van der Waals surface area contributed by atoms with Gasteiger partial charge in [0.1, 0.15) is 4.83 Å². The van der Waals surface area contributed by atoms with E-state index in [1.165, 1.54) is 23.6 Å². The van der Waals surface area contributed by atoms with Gasteiger partial charge in [0.2, 0.25) is 5.95 Å². The number of nitrogen functional groups attached to an aromatic ring is 1. The summed E-state index contributed by atoms with van der Waals surface area (Å²) in [4.78, 5) is 46.4. The Bertz CT molecular complexity index is 1160. The third-order valence-corrected chi connectivity index (χ3v) is 5.66. The van der Waals surface area contributed by atoms with Gasteiger partial charge in [-0.1, -0.05) is 0 Å². The summed E-state index contributed by atoms with van der Waals surface area (Å²) in [6.45, 7) is 0.139. The maximum atomic E-state index is 14.2. The molecular weight excluding hydrogens is 425 g/mol. The van der Waals surface area contributed by atoms with Gasteiger partial charge in [0.05, 0.1) is 5.39 Å². The fraction of sp³-hybridized carbons (Fsp3) is 0.350. The summed E-state index contributed by atoms with van der Waals surface area (Å²) in [5, 5.41) is 11.6.